The third-order valence-corrected chi connectivity index (χ3v) is 13.8. The summed E-state index contributed by atoms with van der Waals surface area (Å²) in [4.78, 5) is 56.6. The number of halogens is 3. The average molecular weight is 841 g/mol. The molecule has 10 rings (SSSR count). The maximum Gasteiger partial charge on any atom is 0.255 e. The van der Waals surface area contributed by atoms with E-state index >= 15 is 8.78 Å². The van der Waals surface area contributed by atoms with Crippen LogP contribution in [0.2, 0.25) is 0 Å². The molecule has 1 unspecified atom stereocenters. The number of alkyl halides is 1. The third kappa shape index (κ3) is 8.02. The number of carbonyl (C=O) groups excluding carboxylic acids is 3. The molecule has 0 spiro atoms. The van der Waals surface area contributed by atoms with Gasteiger partial charge in [0.1, 0.15) is 35.3 Å². The Kier molecular flexibility index (Phi) is 10.2. The highest BCUT2D eigenvalue weighted by Gasteiger charge is 2.42. The summed E-state index contributed by atoms with van der Waals surface area (Å²) in [6.45, 7) is 8.90. The number of aromatic nitrogens is 4. The van der Waals surface area contributed by atoms with Crippen LogP contribution in [0.1, 0.15) is 74.2 Å². The number of piperazine rings is 1. The quantitative estimate of drug-likeness (QED) is 0.212. The number of piperidine rings is 3. The van der Waals surface area contributed by atoms with E-state index in [1.807, 2.05) is 17.9 Å². The normalized spacial score (nSPS) is 23.4. The van der Waals surface area contributed by atoms with Crippen molar-refractivity contribution < 1.29 is 32.3 Å². The molecule has 14 nitrogen and oxygen atoms in total. The minimum atomic E-state index is -1.27. The van der Waals surface area contributed by atoms with Gasteiger partial charge in [0, 0.05) is 101 Å². The molecule has 322 valence electrons. The van der Waals surface area contributed by atoms with E-state index in [0.29, 0.717) is 79.6 Å². The van der Waals surface area contributed by atoms with Gasteiger partial charge >= 0.3 is 0 Å². The van der Waals surface area contributed by atoms with Gasteiger partial charge in [-0.15, -0.1) is 0 Å². The Balaban J connectivity index is 0.683. The number of anilines is 2. The molecule has 4 aromatic rings. The molecule has 1 aliphatic carbocycles. The van der Waals surface area contributed by atoms with E-state index in [1.165, 1.54) is 17.0 Å². The lowest BCUT2D eigenvalue weighted by atomic mass is 9.90. The van der Waals surface area contributed by atoms with Gasteiger partial charge < -0.3 is 24.3 Å². The number of likely N-dealkylation sites (tertiary alicyclic amines) is 1. The van der Waals surface area contributed by atoms with Gasteiger partial charge in [0.15, 0.2) is 11.6 Å². The number of H-pyrrole nitrogens is 1. The first-order valence-electron chi connectivity index (χ1n) is 21.7. The Morgan fingerprint density at radius 2 is 1.61 bits per heavy atom. The van der Waals surface area contributed by atoms with Crippen molar-refractivity contribution >= 4 is 40.1 Å². The van der Waals surface area contributed by atoms with Crippen molar-refractivity contribution in [1.29, 1.82) is 0 Å². The lowest BCUT2D eigenvalue weighted by Gasteiger charge is -2.43. The predicted molar refractivity (Wildman–Crippen MR) is 221 cm³/mol. The Labute approximate surface area is 351 Å². The first-order chi connectivity index (χ1) is 29.4. The molecule has 2 N–H and O–H groups in total. The molecule has 17 heteroatoms. The number of nitrogens with one attached hydrogen (secondary N) is 2. The van der Waals surface area contributed by atoms with Crippen LogP contribution in [0.3, 0.4) is 0 Å². The molecule has 7 heterocycles. The van der Waals surface area contributed by atoms with E-state index in [4.69, 9.17) is 4.74 Å². The Bertz CT molecular complexity index is 2370. The van der Waals surface area contributed by atoms with Crippen molar-refractivity contribution in [3.63, 3.8) is 0 Å². The smallest absolute Gasteiger partial charge is 0.255 e. The summed E-state index contributed by atoms with van der Waals surface area (Å²) in [7, 11) is 0. The number of benzene rings is 2. The zero-order valence-electron chi connectivity index (χ0n) is 34.4. The van der Waals surface area contributed by atoms with E-state index in [1.54, 1.807) is 18.5 Å². The van der Waals surface area contributed by atoms with Crippen molar-refractivity contribution in [3.8, 4) is 17.1 Å². The maximum absolute atomic E-state index is 16.3. The molecule has 2 aromatic carbocycles. The number of rotatable bonds is 10. The molecule has 4 saturated heterocycles. The molecule has 1 atom stereocenters. The van der Waals surface area contributed by atoms with Crippen LogP contribution in [-0.4, -0.2) is 135 Å². The fraction of sp³-hybridized carbons (Fsp3) is 0.545. The number of imide groups is 1. The summed E-state index contributed by atoms with van der Waals surface area (Å²) < 4.78 is 52.5. The van der Waals surface area contributed by atoms with Gasteiger partial charge in [-0.3, -0.25) is 29.7 Å². The zero-order chi connectivity index (χ0) is 42.0. The Morgan fingerprint density at radius 1 is 0.836 bits per heavy atom. The van der Waals surface area contributed by atoms with Crippen LogP contribution >= 0.6 is 0 Å². The summed E-state index contributed by atoms with van der Waals surface area (Å²) in [5, 5.41) is 10.4. The predicted octanol–water partition coefficient (Wildman–Crippen LogP) is 4.83. The highest BCUT2D eigenvalue weighted by atomic mass is 19.1. The Morgan fingerprint density at radius 3 is 2.34 bits per heavy atom. The lowest BCUT2D eigenvalue weighted by Crippen LogP contribution is -2.54. The first-order valence-corrected chi connectivity index (χ1v) is 21.7. The van der Waals surface area contributed by atoms with Crippen LogP contribution in [0.15, 0.2) is 36.7 Å². The van der Waals surface area contributed by atoms with Gasteiger partial charge in [0.25, 0.3) is 5.91 Å². The molecule has 5 aliphatic heterocycles. The van der Waals surface area contributed by atoms with Crippen LogP contribution in [0.5, 0.6) is 5.75 Å². The van der Waals surface area contributed by atoms with Crippen LogP contribution in [-0.2, 0) is 16.1 Å². The van der Waals surface area contributed by atoms with Crippen molar-refractivity contribution in [1.82, 2.24) is 40.2 Å². The minimum absolute atomic E-state index is 0.157. The molecule has 3 amide bonds. The van der Waals surface area contributed by atoms with Crippen molar-refractivity contribution in [2.75, 3.05) is 75.2 Å². The fourth-order valence-electron chi connectivity index (χ4n) is 9.86. The van der Waals surface area contributed by atoms with E-state index in [9.17, 15) is 18.8 Å². The van der Waals surface area contributed by atoms with E-state index in [2.05, 4.69) is 40.2 Å². The second-order valence-electron chi connectivity index (χ2n) is 18.2. The van der Waals surface area contributed by atoms with Crippen LogP contribution in [0, 0.1) is 17.6 Å². The summed E-state index contributed by atoms with van der Waals surface area (Å²) in [6.07, 6.45) is 6.75. The van der Waals surface area contributed by atoms with Crippen molar-refractivity contribution in [2.24, 2.45) is 5.92 Å². The molecule has 0 radical (unpaired) electrons. The summed E-state index contributed by atoms with van der Waals surface area (Å²) in [5.74, 6) is -0.597. The first kappa shape index (κ1) is 39.8. The molecule has 5 fully saturated rings. The van der Waals surface area contributed by atoms with E-state index in [-0.39, 0.29) is 42.2 Å². The number of nitrogens with zero attached hydrogens (tertiary/aromatic N) is 8. The standard InChI is InChI=1S/C44H51F3N10O4/c1-43(6-7-43)61-37-20-30-33(21-32(37)46)51-52-40(30)34-22-38(49-26-48-34)56-10-4-27(5-11-56)23-53-12-8-44(47,9-13-53)25-54-14-16-55(17-15-54)36-18-28-24-57(42(60)29(28)19-31(36)45)35-2-3-39(58)50-41(35)59/h18-22,26-27,35H,2-17,23-25H2,1H3,(H,51,52)(H,50,58,59). The highest BCUT2D eigenvalue weighted by molar-refractivity contribution is 6.05. The minimum Gasteiger partial charge on any atom is -0.484 e. The summed E-state index contributed by atoms with van der Waals surface area (Å²) in [5.41, 5.74) is 1.64. The zero-order valence-corrected chi connectivity index (χ0v) is 34.4. The van der Waals surface area contributed by atoms with Gasteiger partial charge in [0.05, 0.1) is 22.6 Å². The summed E-state index contributed by atoms with van der Waals surface area (Å²) in [6, 6.07) is 7.29. The number of aromatic amines is 1. The molecular weight excluding hydrogens is 790 g/mol. The maximum atomic E-state index is 16.3. The summed E-state index contributed by atoms with van der Waals surface area (Å²) >= 11 is 0. The van der Waals surface area contributed by atoms with Gasteiger partial charge in [0.2, 0.25) is 11.8 Å². The molecule has 0 bridgehead atoms. The average Bonchev–Trinajstić information content (AvgIpc) is 3.71. The van der Waals surface area contributed by atoms with Crippen molar-refractivity contribution in [3.05, 3.63) is 59.4 Å². The number of hydrogen-bond acceptors (Lipinski definition) is 11. The van der Waals surface area contributed by atoms with Crippen LogP contribution in [0.25, 0.3) is 22.3 Å². The second-order valence-corrected chi connectivity index (χ2v) is 18.2. The monoisotopic (exact) mass is 840 g/mol. The second kappa shape index (κ2) is 15.6. The molecular formula is C44H51F3N10O4. The number of hydrogen-bond donors (Lipinski definition) is 2. The molecule has 2 aromatic heterocycles. The number of fused-ring (bicyclic) bond motifs is 2. The van der Waals surface area contributed by atoms with E-state index in [0.717, 1.165) is 69.6 Å². The third-order valence-electron chi connectivity index (χ3n) is 13.8. The molecule has 1 saturated carbocycles. The largest absolute Gasteiger partial charge is 0.484 e. The highest BCUT2D eigenvalue weighted by Crippen LogP contribution is 2.42. The number of amides is 3. The van der Waals surface area contributed by atoms with Crippen LogP contribution < -0.4 is 19.9 Å². The topological polar surface area (TPSA) is 143 Å². The molecule has 6 aliphatic rings. The van der Waals surface area contributed by atoms with Gasteiger partial charge in [-0.25, -0.2) is 23.1 Å². The van der Waals surface area contributed by atoms with E-state index < -0.39 is 35.2 Å². The number of carbonyl (C=O) groups is 3. The van der Waals surface area contributed by atoms with Crippen molar-refractivity contribution in [2.45, 2.75) is 82.1 Å². The fourth-order valence-corrected chi connectivity index (χ4v) is 9.86. The van der Waals surface area contributed by atoms with Gasteiger partial charge in [-0.05, 0) is 81.5 Å². The lowest BCUT2D eigenvalue weighted by molar-refractivity contribution is -0.136. The van der Waals surface area contributed by atoms with Gasteiger partial charge in [-0.1, -0.05) is 0 Å². The van der Waals surface area contributed by atoms with Gasteiger partial charge in [-0.2, -0.15) is 5.10 Å². The Hall–Kier alpha value is -5.29. The SMILES string of the molecule is CC1(Oc2cc3c(-c4cc(N5CCC(CN6CCC(F)(CN7CCN(c8cc9c(cc8F)C(=O)N(C8CCC(=O)NC8=O)C9)CC7)CC6)CC5)ncn4)[nH]nc3cc2F)CC1. The number of ether oxygens (including phenoxy) is 1. The van der Waals surface area contributed by atoms with Crippen LogP contribution in [0.4, 0.5) is 24.7 Å². The molecule has 61 heavy (non-hydrogen) atoms.